The summed E-state index contributed by atoms with van der Waals surface area (Å²) < 4.78 is 0.989. The fourth-order valence-corrected chi connectivity index (χ4v) is 3.81. The van der Waals surface area contributed by atoms with Crippen LogP contribution in [0.5, 0.6) is 0 Å². The van der Waals surface area contributed by atoms with E-state index in [1.807, 2.05) is 36.4 Å². The van der Waals surface area contributed by atoms with Gasteiger partial charge < -0.3 is 10.0 Å². The molecule has 138 valence electrons. The molecule has 0 saturated carbocycles. The smallest absolute Gasteiger partial charge is 0.162 e. The van der Waals surface area contributed by atoms with Crippen LogP contribution >= 0.6 is 15.9 Å². The Balaban J connectivity index is 1.44. The van der Waals surface area contributed by atoms with Gasteiger partial charge in [0.2, 0.25) is 0 Å². The fourth-order valence-electron chi connectivity index (χ4n) is 3.54. The van der Waals surface area contributed by atoms with E-state index < -0.39 is 5.60 Å². The van der Waals surface area contributed by atoms with E-state index in [1.54, 1.807) is 0 Å². The first-order valence-electron chi connectivity index (χ1n) is 9.27. The van der Waals surface area contributed by atoms with E-state index >= 15 is 0 Å². The zero-order valence-corrected chi connectivity index (χ0v) is 16.8. The second-order valence-electron chi connectivity index (χ2n) is 7.27. The predicted molar refractivity (Wildman–Crippen MR) is 108 cm³/mol. The maximum atomic E-state index is 12.2. The monoisotopic (exact) mass is 415 g/mol. The Morgan fingerprint density at radius 1 is 1.08 bits per heavy atom. The highest BCUT2D eigenvalue weighted by atomic mass is 79.9. The van der Waals surface area contributed by atoms with Crippen molar-refractivity contribution in [2.45, 2.75) is 38.2 Å². The lowest BCUT2D eigenvalue weighted by Gasteiger charge is -2.38. The minimum atomic E-state index is -0.711. The number of aliphatic hydroxyl groups is 1. The van der Waals surface area contributed by atoms with Gasteiger partial charge in [-0.2, -0.15) is 0 Å². The first-order chi connectivity index (χ1) is 12.5. The van der Waals surface area contributed by atoms with Gasteiger partial charge in [0, 0.05) is 29.5 Å². The number of hydrogen-bond donors (Lipinski definition) is 1. The molecule has 1 aliphatic heterocycles. The molecule has 1 heterocycles. The van der Waals surface area contributed by atoms with Gasteiger partial charge in [0.15, 0.2) is 5.78 Å². The Hall–Kier alpha value is -1.49. The molecule has 0 radical (unpaired) electrons. The topological polar surface area (TPSA) is 40.5 Å². The summed E-state index contributed by atoms with van der Waals surface area (Å²) >= 11 is 3.39. The molecule has 0 atom stereocenters. The van der Waals surface area contributed by atoms with Crippen LogP contribution in [0, 0.1) is 6.92 Å². The molecule has 4 heteroatoms. The zero-order chi connectivity index (χ0) is 18.6. The minimum absolute atomic E-state index is 0.200. The molecule has 2 aromatic rings. The first-order valence-corrected chi connectivity index (χ1v) is 10.1. The molecular weight excluding hydrogens is 390 g/mol. The number of halogens is 1. The molecule has 0 amide bonds. The Morgan fingerprint density at radius 2 is 1.69 bits per heavy atom. The van der Waals surface area contributed by atoms with Crippen molar-refractivity contribution < 1.29 is 9.90 Å². The summed E-state index contributed by atoms with van der Waals surface area (Å²) in [6.07, 6.45) is 2.92. The van der Waals surface area contributed by atoms with Crippen LogP contribution in [0.15, 0.2) is 53.0 Å². The maximum Gasteiger partial charge on any atom is 0.162 e. The van der Waals surface area contributed by atoms with E-state index in [0.29, 0.717) is 6.42 Å². The quantitative estimate of drug-likeness (QED) is 0.694. The molecule has 3 rings (SSSR count). The third-order valence-electron chi connectivity index (χ3n) is 5.32. The number of Topliss-reactive ketones (excluding diaryl/α,β-unsaturated/α-hetero) is 1. The van der Waals surface area contributed by atoms with Gasteiger partial charge in [-0.25, -0.2) is 0 Å². The summed E-state index contributed by atoms with van der Waals surface area (Å²) in [7, 11) is 0. The van der Waals surface area contributed by atoms with Crippen LogP contribution in [0.2, 0.25) is 0 Å². The number of piperidine rings is 1. The Labute approximate surface area is 164 Å². The molecule has 3 nitrogen and oxygen atoms in total. The van der Waals surface area contributed by atoms with E-state index in [1.165, 1.54) is 5.56 Å². The lowest BCUT2D eigenvalue weighted by molar-refractivity contribution is -0.0260. The third kappa shape index (κ3) is 4.81. The highest BCUT2D eigenvalue weighted by Gasteiger charge is 2.33. The summed E-state index contributed by atoms with van der Waals surface area (Å²) in [6, 6.07) is 15.8. The van der Waals surface area contributed by atoms with Gasteiger partial charge in [0.25, 0.3) is 0 Å². The number of hydrogen-bond acceptors (Lipinski definition) is 3. The Bertz CT molecular complexity index is 732. The molecule has 1 aliphatic rings. The lowest BCUT2D eigenvalue weighted by atomic mass is 9.84. The molecule has 1 fully saturated rings. The lowest BCUT2D eigenvalue weighted by Crippen LogP contribution is -2.42. The van der Waals surface area contributed by atoms with Crippen LogP contribution in [0.1, 0.15) is 47.2 Å². The molecule has 0 bridgehead atoms. The number of ketones is 1. The second-order valence-corrected chi connectivity index (χ2v) is 8.19. The van der Waals surface area contributed by atoms with Crippen molar-refractivity contribution in [2.24, 2.45) is 0 Å². The molecular formula is C22H26BrNO2. The first kappa shape index (κ1) is 19.3. The van der Waals surface area contributed by atoms with E-state index in [9.17, 15) is 9.90 Å². The van der Waals surface area contributed by atoms with E-state index in [0.717, 1.165) is 54.5 Å². The van der Waals surface area contributed by atoms with Crippen molar-refractivity contribution in [3.8, 4) is 0 Å². The van der Waals surface area contributed by atoms with Crippen LogP contribution < -0.4 is 0 Å². The normalized spacial score (nSPS) is 17.2. The van der Waals surface area contributed by atoms with Gasteiger partial charge in [-0.05, 0) is 50.4 Å². The van der Waals surface area contributed by atoms with E-state index in [2.05, 4.69) is 39.9 Å². The van der Waals surface area contributed by atoms with Crippen molar-refractivity contribution in [3.05, 3.63) is 69.7 Å². The van der Waals surface area contributed by atoms with Crippen molar-refractivity contribution in [3.63, 3.8) is 0 Å². The number of rotatable bonds is 6. The summed E-state index contributed by atoms with van der Waals surface area (Å²) in [5.74, 6) is 0.200. The van der Waals surface area contributed by atoms with Crippen molar-refractivity contribution >= 4 is 21.7 Å². The SMILES string of the molecule is Cc1ccc(C2(O)CCN(CCCC(=O)c3ccc(Br)cc3)CC2)cc1. The van der Waals surface area contributed by atoms with E-state index in [4.69, 9.17) is 0 Å². The molecule has 1 N–H and O–H groups in total. The number of carbonyl (C=O) groups is 1. The molecule has 0 spiro atoms. The third-order valence-corrected chi connectivity index (χ3v) is 5.85. The summed E-state index contributed by atoms with van der Waals surface area (Å²) in [6.45, 7) is 4.71. The number of nitrogens with zero attached hydrogens (tertiary/aromatic N) is 1. The maximum absolute atomic E-state index is 12.2. The molecule has 0 aliphatic carbocycles. The van der Waals surface area contributed by atoms with E-state index in [-0.39, 0.29) is 5.78 Å². The molecule has 2 aromatic carbocycles. The van der Waals surface area contributed by atoms with Crippen LogP contribution in [0.25, 0.3) is 0 Å². The molecule has 0 unspecified atom stereocenters. The molecule has 26 heavy (non-hydrogen) atoms. The predicted octanol–water partition coefficient (Wildman–Crippen LogP) is 4.70. The van der Waals surface area contributed by atoms with Crippen LogP contribution in [-0.4, -0.2) is 35.4 Å². The largest absolute Gasteiger partial charge is 0.385 e. The number of aryl methyl sites for hydroxylation is 1. The highest BCUT2D eigenvalue weighted by Crippen LogP contribution is 2.33. The number of benzene rings is 2. The van der Waals surface area contributed by atoms with Crippen molar-refractivity contribution in [1.82, 2.24) is 4.90 Å². The van der Waals surface area contributed by atoms with Crippen LogP contribution in [0.3, 0.4) is 0 Å². The van der Waals surface area contributed by atoms with Crippen molar-refractivity contribution in [2.75, 3.05) is 19.6 Å². The zero-order valence-electron chi connectivity index (χ0n) is 15.2. The average Bonchev–Trinajstić information content (AvgIpc) is 2.64. The Morgan fingerprint density at radius 3 is 2.31 bits per heavy atom. The average molecular weight is 416 g/mol. The Kier molecular flexibility index (Phi) is 6.28. The second kappa shape index (κ2) is 8.47. The number of likely N-dealkylation sites (tertiary alicyclic amines) is 1. The van der Waals surface area contributed by atoms with Gasteiger partial charge in [-0.15, -0.1) is 0 Å². The van der Waals surface area contributed by atoms with Gasteiger partial charge in [-0.1, -0.05) is 57.9 Å². The van der Waals surface area contributed by atoms with Crippen LogP contribution in [0.4, 0.5) is 0 Å². The summed E-state index contributed by atoms with van der Waals surface area (Å²) in [5.41, 5.74) is 2.30. The van der Waals surface area contributed by atoms with Crippen LogP contribution in [-0.2, 0) is 5.60 Å². The fraction of sp³-hybridized carbons (Fsp3) is 0.409. The summed E-state index contributed by atoms with van der Waals surface area (Å²) in [5, 5.41) is 11.0. The molecule has 1 saturated heterocycles. The highest BCUT2D eigenvalue weighted by molar-refractivity contribution is 9.10. The van der Waals surface area contributed by atoms with Gasteiger partial charge >= 0.3 is 0 Å². The minimum Gasteiger partial charge on any atom is -0.385 e. The molecule has 0 aromatic heterocycles. The number of carbonyl (C=O) groups excluding carboxylic acids is 1. The van der Waals surface area contributed by atoms with Crippen molar-refractivity contribution in [1.29, 1.82) is 0 Å². The summed E-state index contributed by atoms with van der Waals surface area (Å²) in [4.78, 5) is 14.6. The van der Waals surface area contributed by atoms with Gasteiger partial charge in [0.1, 0.15) is 0 Å². The standard InChI is InChI=1S/C22H26BrNO2/c1-17-4-8-19(9-5-17)22(26)12-15-24(16-13-22)14-2-3-21(25)18-6-10-20(23)11-7-18/h4-11,26H,2-3,12-16H2,1H3. The van der Waals surface area contributed by atoms with Gasteiger partial charge in [-0.3, -0.25) is 4.79 Å². The van der Waals surface area contributed by atoms with Gasteiger partial charge in [0.05, 0.1) is 5.60 Å².